The SMILES string of the molecule is Cc1ccc(C(=O)Nc2ccc(S(=O)(=O)Nc3c(C)cccc3C)cc2)cc1S(=O)(=O)Nc1cccc(C)c1C. The normalized spacial score (nSPS) is 11.6. The van der Waals surface area contributed by atoms with E-state index in [2.05, 4.69) is 14.8 Å². The smallest absolute Gasteiger partial charge is 0.262 e. The number of hydrogen-bond acceptors (Lipinski definition) is 5. The average Bonchev–Trinajstić information content (AvgIpc) is 2.89. The molecule has 0 atom stereocenters. The van der Waals surface area contributed by atoms with Gasteiger partial charge in [0.2, 0.25) is 0 Å². The van der Waals surface area contributed by atoms with Crippen LogP contribution in [0.5, 0.6) is 0 Å². The standard InChI is InChI=1S/C30H31N3O5S2/c1-19-8-7-11-27(23(19)5)32-40(37,38)28-18-24(13-12-20(28)2)30(34)31-25-14-16-26(17-15-25)39(35,36)33-29-21(3)9-6-10-22(29)4/h6-18,32-33H,1-5H3,(H,31,34). The summed E-state index contributed by atoms with van der Waals surface area (Å²) in [5, 5.41) is 2.70. The first-order valence-electron chi connectivity index (χ1n) is 12.5. The van der Waals surface area contributed by atoms with Crippen LogP contribution in [0.25, 0.3) is 0 Å². The molecule has 40 heavy (non-hydrogen) atoms. The van der Waals surface area contributed by atoms with E-state index in [1.54, 1.807) is 25.1 Å². The van der Waals surface area contributed by atoms with Crippen LogP contribution in [0.4, 0.5) is 17.1 Å². The van der Waals surface area contributed by atoms with Crippen molar-refractivity contribution in [3.8, 4) is 0 Å². The number of benzene rings is 4. The van der Waals surface area contributed by atoms with Gasteiger partial charge < -0.3 is 5.32 Å². The van der Waals surface area contributed by atoms with Crippen molar-refractivity contribution < 1.29 is 21.6 Å². The summed E-state index contributed by atoms with van der Waals surface area (Å²) in [7, 11) is -7.82. The van der Waals surface area contributed by atoms with Crippen molar-refractivity contribution in [3.63, 3.8) is 0 Å². The molecule has 0 aromatic heterocycles. The zero-order chi connectivity index (χ0) is 29.2. The highest BCUT2D eigenvalue weighted by molar-refractivity contribution is 7.93. The van der Waals surface area contributed by atoms with Crippen molar-refractivity contribution in [1.29, 1.82) is 0 Å². The van der Waals surface area contributed by atoms with Gasteiger partial charge in [-0.25, -0.2) is 16.8 Å². The molecule has 0 aliphatic carbocycles. The van der Waals surface area contributed by atoms with Crippen LogP contribution in [-0.2, 0) is 20.0 Å². The van der Waals surface area contributed by atoms with Crippen molar-refractivity contribution in [2.75, 3.05) is 14.8 Å². The average molecular weight is 578 g/mol. The predicted octanol–water partition coefficient (Wildman–Crippen LogP) is 6.08. The lowest BCUT2D eigenvalue weighted by Crippen LogP contribution is -2.18. The van der Waals surface area contributed by atoms with Crippen LogP contribution in [0.3, 0.4) is 0 Å². The summed E-state index contributed by atoms with van der Waals surface area (Å²) >= 11 is 0. The van der Waals surface area contributed by atoms with Crippen LogP contribution in [0.1, 0.15) is 38.2 Å². The number of para-hydroxylation sites is 1. The Bertz CT molecular complexity index is 1790. The summed E-state index contributed by atoms with van der Waals surface area (Å²) in [6.07, 6.45) is 0. The third-order valence-electron chi connectivity index (χ3n) is 6.73. The number of aryl methyl sites for hydroxylation is 4. The minimum Gasteiger partial charge on any atom is -0.322 e. The number of carbonyl (C=O) groups excluding carboxylic acids is 1. The van der Waals surface area contributed by atoms with Gasteiger partial charge in [-0.15, -0.1) is 0 Å². The van der Waals surface area contributed by atoms with Crippen molar-refractivity contribution in [2.45, 2.75) is 44.4 Å². The fraction of sp³-hybridized carbons (Fsp3) is 0.167. The van der Waals surface area contributed by atoms with Gasteiger partial charge in [0.25, 0.3) is 26.0 Å². The second-order valence-electron chi connectivity index (χ2n) is 9.68. The summed E-state index contributed by atoms with van der Waals surface area (Å²) in [5.41, 5.74) is 5.34. The quantitative estimate of drug-likeness (QED) is 0.234. The molecule has 10 heteroatoms. The summed E-state index contributed by atoms with van der Waals surface area (Å²) in [5.74, 6) is -0.535. The van der Waals surface area contributed by atoms with E-state index in [-0.39, 0.29) is 15.4 Å². The molecule has 0 heterocycles. The molecule has 0 bridgehead atoms. The maximum Gasteiger partial charge on any atom is 0.262 e. The molecule has 0 radical (unpaired) electrons. The Morgan fingerprint density at radius 2 is 1.23 bits per heavy atom. The van der Waals surface area contributed by atoms with Crippen molar-refractivity contribution >= 4 is 43.0 Å². The van der Waals surface area contributed by atoms with Gasteiger partial charge in [-0.2, -0.15) is 0 Å². The van der Waals surface area contributed by atoms with Crippen LogP contribution in [0, 0.1) is 34.6 Å². The van der Waals surface area contributed by atoms with Crippen LogP contribution >= 0.6 is 0 Å². The number of carbonyl (C=O) groups is 1. The monoisotopic (exact) mass is 577 g/mol. The minimum absolute atomic E-state index is 0.0138. The lowest BCUT2D eigenvalue weighted by Gasteiger charge is -2.15. The van der Waals surface area contributed by atoms with Gasteiger partial charge >= 0.3 is 0 Å². The third kappa shape index (κ3) is 6.19. The largest absolute Gasteiger partial charge is 0.322 e. The van der Waals surface area contributed by atoms with Gasteiger partial charge in [-0.05, 0) is 105 Å². The number of nitrogens with one attached hydrogen (secondary N) is 3. The molecule has 4 aromatic rings. The van der Waals surface area contributed by atoms with E-state index in [4.69, 9.17) is 0 Å². The van der Waals surface area contributed by atoms with Crippen LogP contribution in [0.2, 0.25) is 0 Å². The summed E-state index contributed by atoms with van der Waals surface area (Å²) in [6, 6.07) is 21.0. The molecule has 0 saturated carbocycles. The van der Waals surface area contributed by atoms with Gasteiger partial charge in [0, 0.05) is 11.3 Å². The first kappa shape index (κ1) is 28.8. The van der Waals surface area contributed by atoms with Gasteiger partial charge in [0.1, 0.15) is 0 Å². The number of anilines is 3. The lowest BCUT2D eigenvalue weighted by atomic mass is 10.1. The van der Waals surface area contributed by atoms with Gasteiger partial charge in [0.15, 0.2) is 0 Å². The van der Waals surface area contributed by atoms with E-state index >= 15 is 0 Å². The molecule has 0 saturated heterocycles. The van der Waals surface area contributed by atoms with E-state index in [1.807, 2.05) is 52.0 Å². The van der Waals surface area contributed by atoms with Crippen LogP contribution in [-0.4, -0.2) is 22.7 Å². The number of rotatable bonds is 8. The highest BCUT2D eigenvalue weighted by Crippen LogP contribution is 2.26. The first-order valence-corrected chi connectivity index (χ1v) is 15.5. The van der Waals surface area contributed by atoms with Gasteiger partial charge in [-0.1, -0.05) is 36.4 Å². The zero-order valence-electron chi connectivity index (χ0n) is 22.9. The van der Waals surface area contributed by atoms with Crippen molar-refractivity contribution in [3.05, 3.63) is 112 Å². The zero-order valence-corrected chi connectivity index (χ0v) is 24.5. The molecule has 4 aromatic carbocycles. The Morgan fingerprint density at radius 1 is 0.625 bits per heavy atom. The molecule has 1 amide bonds. The lowest BCUT2D eigenvalue weighted by molar-refractivity contribution is 0.102. The van der Waals surface area contributed by atoms with Crippen molar-refractivity contribution in [2.24, 2.45) is 0 Å². The van der Waals surface area contributed by atoms with E-state index in [9.17, 15) is 21.6 Å². The molecular weight excluding hydrogens is 546 g/mol. The molecule has 0 unspecified atom stereocenters. The second-order valence-corrected chi connectivity index (χ2v) is 13.0. The minimum atomic E-state index is -3.97. The van der Waals surface area contributed by atoms with Crippen molar-refractivity contribution in [1.82, 2.24) is 0 Å². The van der Waals surface area contributed by atoms with Gasteiger partial charge in [-0.3, -0.25) is 14.2 Å². The van der Waals surface area contributed by atoms with Crippen LogP contribution < -0.4 is 14.8 Å². The predicted molar refractivity (Wildman–Crippen MR) is 159 cm³/mol. The van der Waals surface area contributed by atoms with E-state index < -0.39 is 26.0 Å². The fourth-order valence-corrected chi connectivity index (χ4v) is 6.78. The summed E-state index contributed by atoms with van der Waals surface area (Å²) < 4.78 is 57.6. The molecule has 0 spiro atoms. The number of hydrogen-bond donors (Lipinski definition) is 3. The molecular formula is C30H31N3O5S2. The Balaban J connectivity index is 1.52. The Kier molecular flexibility index (Phi) is 8.04. The second kappa shape index (κ2) is 11.1. The molecule has 208 valence electrons. The van der Waals surface area contributed by atoms with Gasteiger partial charge in [0.05, 0.1) is 21.2 Å². The maximum absolute atomic E-state index is 13.2. The Hall–Kier alpha value is -4.15. The Labute approximate surface area is 235 Å². The molecule has 0 aliphatic heterocycles. The summed E-state index contributed by atoms with van der Waals surface area (Å²) in [6.45, 7) is 9.04. The fourth-order valence-electron chi connectivity index (χ4n) is 4.18. The highest BCUT2D eigenvalue weighted by atomic mass is 32.2. The number of amides is 1. The van der Waals surface area contributed by atoms with E-state index in [1.165, 1.54) is 36.4 Å². The molecule has 8 nitrogen and oxygen atoms in total. The van der Waals surface area contributed by atoms with Crippen LogP contribution in [0.15, 0.2) is 88.7 Å². The third-order valence-corrected chi connectivity index (χ3v) is 9.60. The number of sulfonamides is 2. The molecule has 4 rings (SSSR count). The highest BCUT2D eigenvalue weighted by Gasteiger charge is 2.21. The molecule has 0 aliphatic rings. The summed E-state index contributed by atoms with van der Waals surface area (Å²) in [4.78, 5) is 13.0. The molecule has 0 fully saturated rings. The molecule has 3 N–H and O–H groups in total. The van der Waals surface area contributed by atoms with E-state index in [0.717, 1.165) is 22.3 Å². The van der Waals surface area contributed by atoms with E-state index in [0.29, 0.717) is 22.6 Å². The Morgan fingerprint density at radius 3 is 1.88 bits per heavy atom. The first-order chi connectivity index (χ1) is 18.8. The maximum atomic E-state index is 13.2. The topological polar surface area (TPSA) is 121 Å².